The normalized spacial score (nSPS) is 24.4. The Hall–Kier alpha value is -1.80. The number of carbonyl (C=O) groups excluding carboxylic acids is 2. The van der Waals surface area contributed by atoms with E-state index in [9.17, 15) is 9.59 Å². The molecule has 0 aromatic rings. The van der Waals surface area contributed by atoms with Crippen LogP contribution in [0.15, 0.2) is 12.2 Å². The highest BCUT2D eigenvalue weighted by atomic mass is 16.6. The summed E-state index contributed by atoms with van der Waals surface area (Å²) in [4.78, 5) is 21.9. The maximum absolute atomic E-state index is 11.0. The molecule has 3 atom stereocenters. The minimum atomic E-state index is -0.540. The fourth-order valence-electron chi connectivity index (χ4n) is 1.76. The molecule has 1 aliphatic heterocycles. The molecule has 1 heterocycles. The molecule has 0 saturated carbocycles. The third kappa shape index (κ3) is 5.89. The predicted octanol–water partition coefficient (Wildman–Crippen LogP) is 1.61. The van der Waals surface area contributed by atoms with Crippen molar-refractivity contribution in [3.05, 3.63) is 12.2 Å². The molecule has 5 nitrogen and oxygen atoms in total. The molecule has 0 unspecified atom stereocenters. The number of hydrogen-bond acceptors (Lipinski definition) is 5. The molecule has 0 aromatic carbocycles. The fourth-order valence-corrected chi connectivity index (χ4v) is 1.76. The van der Waals surface area contributed by atoms with Crippen LogP contribution in [0.5, 0.6) is 0 Å². The number of hydrogen-bond donors (Lipinski definition) is 0. The maximum Gasteiger partial charge on any atom is 0.303 e. The second kappa shape index (κ2) is 8.39. The van der Waals surface area contributed by atoms with Crippen molar-refractivity contribution < 1.29 is 23.8 Å². The first-order valence-electron chi connectivity index (χ1n) is 6.63. The smallest absolute Gasteiger partial charge is 0.303 e. The molecule has 5 heteroatoms. The first kappa shape index (κ1) is 16.3. The second-order valence-electron chi connectivity index (χ2n) is 4.39. The topological polar surface area (TPSA) is 61.8 Å². The van der Waals surface area contributed by atoms with Crippen LogP contribution in [-0.2, 0) is 23.8 Å². The van der Waals surface area contributed by atoms with Gasteiger partial charge in [-0.05, 0) is 6.08 Å². The summed E-state index contributed by atoms with van der Waals surface area (Å²) in [5.74, 6) is 5.17. The van der Waals surface area contributed by atoms with Crippen LogP contribution in [-0.4, -0.2) is 36.9 Å². The van der Waals surface area contributed by atoms with Gasteiger partial charge in [-0.15, -0.1) is 11.8 Å². The first-order chi connectivity index (χ1) is 9.52. The lowest BCUT2D eigenvalue weighted by atomic mass is 10.1. The third-order valence-electron chi connectivity index (χ3n) is 2.59. The van der Waals surface area contributed by atoms with Crippen molar-refractivity contribution in [3.63, 3.8) is 0 Å². The van der Waals surface area contributed by atoms with Crippen molar-refractivity contribution in [2.24, 2.45) is 0 Å². The molecule has 0 amide bonds. The summed E-state index contributed by atoms with van der Waals surface area (Å²) in [6.45, 7) is 4.68. The van der Waals surface area contributed by atoms with E-state index in [0.29, 0.717) is 6.42 Å². The van der Waals surface area contributed by atoms with Gasteiger partial charge < -0.3 is 14.2 Å². The largest absolute Gasteiger partial charge is 0.463 e. The predicted molar refractivity (Wildman–Crippen MR) is 72.7 cm³/mol. The molecule has 0 spiro atoms. The molecule has 0 radical (unpaired) electrons. The van der Waals surface area contributed by atoms with Gasteiger partial charge >= 0.3 is 11.9 Å². The molecule has 20 heavy (non-hydrogen) atoms. The van der Waals surface area contributed by atoms with Gasteiger partial charge in [0.05, 0.1) is 6.10 Å². The van der Waals surface area contributed by atoms with Gasteiger partial charge in [0.1, 0.15) is 18.8 Å². The Kier molecular flexibility index (Phi) is 6.82. The van der Waals surface area contributed by atoms with Gasteiger partial charge in [0.2, 0.25) is 0 Å². The second-order valence-corrected chi connectivity index (χ2v) is 4.39. The van der Waals surface area contributed by atoms with E-state index >= 15 is 0 Å². The van der Waals surface area contributed by atoms with E-state index in [-0.39, 0.29) is 12.7 Å². The molecular weight excluding hydrogens is 260 g/mol. The summed E-state index contributed by atoms with van der Waals surface area (Å²) >= 11 is 0. The lowest BCUT2D eigenvalue weighted by molar-refractivity contribution is -0.163. The highest BCUT2D eigenvalue weighted by Gasteiger charge is 2.30. The molecule has 0 aromatic heterocycles. The summed E-state index contributed by atoms with van der Waals surface area (Å²) in [5, 5.41) is 0. The van der Waals surface area contributed by atoms with Crippen LogP contribution < -0.4 is 0 Å². The Morgan fingerprint density at radius 3 is 2.55 bits per heavy atom. The number of esters is 2. The summed E-state index contributed by atoms with van der Waals surface area (Å²) < 4.78 is 15.8. The van der Waals surface area contributed by atoms with Crippen molar-refractivity contribution >= 4 is 11.9 Å². The van der Waals surface area contributed by atoms with Crippen molar-refractivity contribution in [3.8, 4) is 11.8 Å². The average molecular weight is 280 g/mol. The zero-order valence-corrected chi connectivity index (χ0v) is 12.0. The molecular formula is C15H20O5. The number of carbonyl (C=O) groups is 2. The van der Waals surface area contributed by atoms with Gasteiger partial charge in [-0.1, -0.05) is 13.0 Å². The Balaban J connectivity index is 2.65. The molecule has 110 valence electrons. The summed E-state index contributed by atoms with van der Waals surface area (Å²) in [7, 11) is 0. The molecule has 0 bridgehead atoms. The standard InChI is InChI=1S/C15H20O5/c1-4-5-6-7-13-8-9-14(19-12(3)17)15(20-13)10-18-11(2)16/h8-9,13-15H,4,7,10H2,1-3H3/t13-,14+,15-/m1/s1. The molecule has 1 aliphatic rings. The van der Waals surface area contributed by atoms with E-state index in [2.05, 4.69) is 11.8 Å². The minimum Gasteiger partial charge on any atom is -0.463 e. The Morgan fingerprint density at radius 2 is 1.95 bits per heavy atom. The van der Waals surface area contributed by atoms with E-state index in [1.807, 2.05) is 13.0 Å². The molecule has 1 rings (SSSR count). The molecule has 0 N–H and O–H groups in total. The van der Waals surface area contributed by atoms with Gasteiger partial charge in [0.25, 0.3) is 0 Å². The van der Waals surface area contributed by atoms with Gasteiger partial charge in [0.15, 0.2) is 0 Å². The lowest BCUT2D eigenvalue weighted by Gasteiger charge is -2.30. The summed E-state index contributed by atoms with van der Waals surface area (Å²) in [5.41, 5.74) is 0. The Labute approximate surface area is 119 Å². The lowest BCUT2D eigenvalue weighted by Crippen LogP contribution is -2.41. The highest BCUT2D eigenvalue weighted by Crippen LogP contribution is 2.18. The van der Waals surface area contributed by atoms with Crippen LogP contribution in [0.4, 0.5) is 0 Å². The fraction of sp³-hybridized carbons (Fsp3) is 0.600. The van der Waals surface area contributed by atoms with E-state index in [1.54, 1.807) is 6.08 Å². The minimum absolute atomic E-state index is 0.0509. The number of ether oxygens (including phenoxy) is 3. The third-order valence-corrected chi connectivity index (χ3v) is 2.59. The molecule has 0 saturated heterocycles. The summed E-state index contributed by atoms with van der Waals surface area (Å²) in [6, 6.07) is 0. The van der Waals surface area contributed by atoms with Crippen molar-refractivity contribution in [2.75, 3.05) is 6.61 Å². The first-order valence-corrected chi connectivity index (χ1v) is 6.63. The Bertz CT molecular complexity index is 429. The van der Waals surface area contributed by atoms with Gasteiger partial charge in [0, 0.05) is 26.7 Å². The van der Waals surface area contributed by atoms with Gasteiger partial charge in [-0.25, -0.2) is 0 Å². The zero-order valence-electron chi connectivity index (χ0n) is 12.0. The van der Waals surface area contributed by atoms with Crippen LogP contribution in [0.2, 0.25) is 0 Å². The molecule has 0 aliphatic carbocycles. The van der Waals surface area contributed by atoms with Crippen LogP contribution in [0.25, 0.3) is 0 Å². The van der Waals surface area contributed by atoms with E-state index in [4.69, 9.17) is 14.2 Å². The van der Waals surface area contributed by atoms with Gasteiger partial charge in [-0.3, -0.25) is 9.59 Å². The SMILES string of the molecule is CCC#CC[C@@H]1C=C[C@H](OC(C)=O)[C@@H](COC(C)=O)O1. The van der Waals surface area contributed by atoms with Crippen molar-refractivity contribution in [1.29, 1.82) is 0 Å². The highest BCUT2D eigenvalue weighted by molar-refractivity contribution is 5.66. The Morgan fingerprint density at radius 1 is 1.20 bits per heavy atom. The van der Waals surface area contributed by atoms with E-state index in [1.165, 1.54) is 13.8 Å². The zero-order chi connectivity index (χ0) is 15.0. The van der Waals surface area contributed by atoms with Crippen LogP contribution >= 0.6 is 0 Å². The van der Waals surface area contributed by atoms with Crippen LogP contribution in [0.3, 0.4) is 0 Å². The summed E-state index contributed by atoms with van der Waals surface area (Å²) in [6.07, 6.45) is 3.72. The van der Waals surface area contributed by atoms with Crippen LogP contribution in [0, 0.1) is 11.8 Å². The van der Waals surface area contributed by atoms with E-state index < -0.39 is 24.1 Å². The van der Waals surface area contributed by atoms with Gasteiger partial charge in [-0.2, -0.15) is 0 Å². The van der Waals surface area contributed by atoms with E-state index in [0.717, 1.165) is 6.42 Å². The van der Waals surface area contributed by atoms with Crippen LogP contribution in [0.1, 0.15) is 33.6 Å². The van der Waals surface area contributed by atoms with Crippen molar-refractivity contribution in [1.82, 2.24) is 0 Å². The quantitative estimate of drug-likeness (QED) is 0.445. The monoisotopic (exact) mass is 280 g/mol. The maximum atomic E-state index is 11.0. The van der Waals surface area contributed by atoms with Crippen molar-refractivity contribution in [2.45, 2.75) is 51.9 Å². The average Bonchev–Trinajstić information content (AvgIpc) is 2.38. The number of rotatable bonds is 4. The molecule has 0 fully saturated rings.